The van der Waals surface area contributed by atoms with Crippen LogP contribution in [-0.4, -0.2) is 32.3 Å². The average Bonchev–Trinajstić information content (AvgIpc) is 3.12. The summed E-state index contributed by atoms with van der Waals surface area (Å²) >= 11 is 0. The molecule has 2 aromatic carbocycles. The molecule has 0 aromatic heterocycles. The Bertz CT molecular complexity index is 772. The highest BCUT2D eigenvalue weighted by Crippen LogP contribution is 2.21. The highest BCUT2D eigenvalue weighted by Gasteiger charge is 2.23. The van der Waals surface area contributed by atoms with Crippen molar-refractivity contribution in [1.82, 2.24) is 0 Å². The van der Waals surface area contributed by atoms with Crippen LogP contribution in [0.25, 0.3) is 0 Å². The topological polar surface area (TPSA) is 67.9 Å². The first-order valence-electron chi connectivity index (χ1n) is 9.13. The predicted molar refractivity (Wildman–Crippen MR) is 104 cm³/mol. The Balaban J connectivity index is 1.39. The summed E-state index contributed by atoms with van der Waals surface area (Å²) < 4.78 is 10.1. The number of aryl methyl sites for hydroxylation is 1. The fourth-order valence-corrected chi connectivity index (χ4v) is 2.98. The minimum atomic E-state index is -0.330. The summed E-state index contributed by atoms with van der Waals surface area (Å²) in [5.74, 6) is 0.851. The highest BCUT2D eigenvalue weighted by atomic mass is 16.6. The van der Waals surface area contributed by atoms with Gasteiger partial charge in [-0.05, 0) is 61.2 Å². The number of nitrogens with zero attached hydrogens (tertiary/aromatic N) is 1. The Hall–Kier alpha value is -3.02. The SMILES string of the molecule is COc1ccc(CCCCC(=O)Nc2ccc(N3CCOC3=O)cc2)cc1. The van der Waals surface area contributed by atoms with Gasteiger partial charge in [-0.2, -0.15) is 0 Å². The summed E-state index contributed by atoms with van der Waals surface area (Å²) in [6.07, 6.45) is 2.88. The molecule has 0 unspecified atom stereocenters. The molecule has 0 atom stereocenters. The van der Waals surface area contributed by atoms with E-state index in [9.17, 15) is 9.59 Å². The maximum absolute atomic E-state index is 12.1. The van der Waals surface area contributed by atoms with Gasteiger partial charge in [-0.15, -0.1) is 0 Å². The van der Waals surface area contributed by atoms with E-state index in [1.54, 1.807) is 24.1 Å². The number of carbonyl (C=O) groups excluding carboxylic acids is 2. The van der Waals surface area contributed by atoms with E-state index in [0.29, 0.717) is 19.6 Å². The van der Waals surface area contributed by atoms with Gasteiger partial charge in [0.2, 0.25) is 5.91 Å². The molecule has 1 heterocycles. The molecule has 27 heavy (non-hydrogen) atoms. The molecule has 6 nitrogen and oxygen atoms in total. The molecular formula is C21H24N2O4. The largest absolute Gasteiger partial charge is 0.497 e. The molecular weight excluding hydrogens is 344 g/mol. The lowest BCUT2D eigenvalue weighted by molar-refractivity contribution is -0.116. The van der Waals surface area contributed by atoms with Gasteiger partial charge in [-0.3, -0.25) is 9.69 Å². The molecule has 1 aliphatic heterocycles. The van der Waals surface area contributed by atoms with E-state index in [4.69, 9.17) is 9.47 Å². The van der Waals surface area contributed by atoms with Crippen LogP contribution in [0.15, 0.2) is 48.5 Å². The fourth-order valence-electron chi connectivity index (χ4n) is 2.98. The van der Waals surface area contributed by atoms with Crippen LogP contribution in [0.5, 0.6) is 5.75 Å². The van der Waals surface area contributed by atoms with Crippen molar-refractivity contribution in [1.29, 1.82) is 0 Å². The van der Waals surface area contributed by atoms with Crippen molar-refractivity contribution >= 4 is 23.4 Å². The first kappa shape index (κ1) is 18.8. The standard InChI is InChI=1S/C21H24N2O4/c1-26-19-12-6-16(7-13-19)4-2-3-5-20(24)22-17-8-10-18(11-9-17)23-14-15-27-21(23)25/h6-13H,2-5,14-15H2,1H3,(H,22,24). The van der Waals surface area contributed by atoms with Crippen molar-refractivity contribution in [2.45, 2.75) is 25.7 Å². The number of methoxy groups -OCH3 is 1. The molecule has 142 valence electrons. The Kier molecular flexibility index (Phi) is 6.30. The molecule has 1 N–H and O–H groups in total. The molecule has 0 saturated carbocycles. The van der Waals surface area contributed by atoms with Gasteiger partial charge in [-0.1, -0.05) is 12.1 Å². The normalized spacial score (nSPS) is 13.4. The first-order valence-corrected chi connectivity index (χ1v) is 9.13. The number of anilines is 2. The predicted octanol–water partition coefficient (Wildman–Crippen LogP) is 4.00. The second kappa shape index (κ2) is 9.07. The zero-order valence-corrected chi connectivity index (χ0v) is 15.4. The molecule has 1 saturated heterocycles. The number of amides is 2. The Morgan fingerprint density at radius 2 is 1.85 bits per heavy atom. The van der Waals surface area contributed by atoms with E-state index in [-0.39, 0.29) is 12.0 Å². The van der Waals surface area contributed by atoms with Crippen molar-refractivity contribution in [3.8, 4) is 5.75 Å². The van der Waals surface area contributed by atoms with E-state index >= 15 is 0 Å². The van der Waals surface area contributed by atoms with Gasteiger partial charge >= 0.3 is 6.09 Å². The van der Waals surface area contributed by atoms with Crippen LogP contribution in [0.2, 0.25) is 0 Å². The summed E-state index contributed by atoms with van der Waals surface area (Å²) in [5.41, 5.74) is 2.74. The third-order valence-corrected chi connectivity index (χ3v) is 4.50. The van der Waals surface area contributed by atoms with E-state index < -0.39 is 0 Å². The van der Waals surface area contributed by atoms with Crippen LogP contribution in [0.4, 0.5) is 16.2 Å². The second-order valence-corrected chi connectivity index (χ2v) is 6.42. The summed E-state index contributed by atoms with van der Waals surface area (Å²) in [5, 5.41) is 2.89. The molecule has 2 amide bonds. The van der Waals surface area contributed by atoms with Crippen molar-refractivity contribution in [2.75, 3.05) is 30.5 Å². The lowest BCUT2D eigenvalue weighted by Gasteiger charge is -2.13. The maximum Gasteiger partial charge on any atom is 0.414 e. The van der Waals surface area contributed by atoms with Gasteiger partial charge in [0.1, 0.15) is 12.4 Å². The van der Waals surface area contributed by atoms with Crippen LogP contribution in [0.1, 0.15) is 24.8 Å². The monoisotopic (exact) mass is 368 g/mol. The Labute approximate surface area is 159 Å². The summed E-state index contributed by atoms with van der Waals surface area (Å²) in [7, 11) is 1.65. The Morgan fingerprint density at radius 3 is 2.48 bits per heavy atom. The van der Waals surface area contributed by atoms with Crippen LogP contribution < -0.4 is 15.0 Å². The van der Waals surface area contributed by atoms with Crippen molar-refractivity contribution in [2.24, 2.45) is 0 Å². The summed E-state index contributed by atoms with van der Waals surface area (Å²) in [6, 6.07) is 15.2. The molecule has 6 heteroatoms. The molecule has 3 rings (SSSR count). The highest BCUT2D eigenvalue weighted by molar-refractivity contribution is 5.92. The minimum absolute atomic E-state index is 0.00179. The molecule has 0 radical (unpaired) electrons. The van der Waals surface area contributed by atoms with Gasteiger partial charge < -0.3 is 14.8 Å². The maximum atomic E-state index is 12.1. The van der Waals surface area contributed by atoms with Crippen molar-refractivity contribution < 1.29 is 19.1 Å². The number of unbranched alkanes of at least 4 members (excludes halogenated alkanes) is 1. The fraction of sp³-hybridized carbons (Fsp3) is 0.333. The van der Waals surface area contributed by atoms with Gasteiger partial charge in [0.25, 0.3) is 0 Å². The zero-order valence-electron chi connectivity index (χ0n) is 15.4. The summed E-state index contributed by atoms with van der Waals surface area (Å²) in [4.78, 5) is 25.2. The van der Waals surface area contributed by atoms with Crippen molar-refractivity contribution in [3.05, 3.63) is 54.1 Å². The lowest BCUT2D eigenvalue weighted by Crippen LogP contribution is -2.23. The molecule has 0 spiro atoms. The third-order valence-electron chi connectivity index (χ3n) is 4.50. The molecule has 2 aromatic rings. The van der Waals surface area contributed by atoms with Gasteiger partial charge in [0.05, 0.1) is 13.7 Å². The molecule has 1 fully saturated rings. The number of hydrogen-bond acceptors (Lipinski definition) is 4. The quantitative estimate of drug-likeness (QED) is 0.715. The number of hydrogen-bond donors (Lipinski definition) is 1. The minimum Gasteiger partial charge on any atom is -0.497 e. The smallest absolute Gasteiger partial charge is 0.414 e. The lowest BCUT2D eigenvalue weighted by atomic mass is 10.1. The molecule has 0 aliphatic carbocycles. The Morgan fingerprint density at radius 1 is 1.11 bits per heavy atom. The van der Waals surface area contributed by atoms with Crippen LogP contribution in [0, 0.1) is 0 Å². The zero-order chi connectivity index (χ0) is 19.1. The van der Waals surface area contributed by atoms with E-state index in [1.165, 1.54) is 5.56 Å². The molecule has 1 aliphatic rings. The van der Waals surface area contributed by atoms with Crippen LogP contribution in [0.3, 0.4) is 0 Å². The van der Waals surface area contributed by atoms with E-state index in [1.807, 2.05) is 24.3 Å². The van der Waals surface area contributed by atoms with Crippen molar-refractivity contribution in [3.63, 3.8) is 0 Å². The number of rotatable bonds is 8. The van der Waals surface area contributed by atoms with Gasteiger partial charge in [0.15, 0.2) is 0 Å². The second-order valence-electron chi connectivity index (χ2n) is 6.42. The first-order chi connectivity index (χ1) is 13.2. The number of carbonyl (C=O) groups is 2. The third kappa shape index (κ3) is 5.23. The average molecular weight is 368 g/mol. The van der Waals surface area contributed by atoms with Gasteiger partial charge in [-0.25, -0.2) is 4.79 Å². The van der Waals surface area contributed by atoms with E-state index in [2.05, 4.69) is 17.4 Å². The molecule has 0 bridgehead atoms. The number of benzene rings is 2. The number of nitrogens with one attached hydrogen (secondary N) is 1. The van der Waals surface area contributed by atoms with Crippen LogP contribution >= 0.6 is 0 Å². The number of ether oxygens (including phenoxy) is 2. The number of cyclic esters (lactones) is 1. The van der Waals surface area contributed by atoms with E-state index in [0.717, 1.165) is 36.4 Å². The van der Waals surface area contributed by atoms with Crippen LogP contribution in [-0.2, 0) is 16.0 Å². The van der Waals surface area contributed by atoms with Gasteiger partial charge in [0, 0.05) is 17.8 Å². The summed E-state index contributed by atoms with van der Waals surface area (Å²) in [6.45, 7) is 0.965.